The molecule has 0 saturated carbocycles. The molecular weight excluding hydrogens is 214 g/mol. The van der Waals surface area contributed by atoms with Crippen molar-refractivity contribution in [1.29, 1.82) is 0 Å². The lowest BCUT2D eigenvalue weighted by Gasteiger charge is -2.27. The second kappa shape index (κ2) is 4.13. The van der Waals surface area contributed by atoms with E-state index in [9.17, 15) is 0 Å². The summed E-state index contributed by atoms with van der Waals surface area (Å²) in [4.78, 5) is 2.15. The van der Waals surface area contributed by atoms with Gasteiger partial charge in [-0.05, 0) is 20.2 Å². The second-order valence-corrected chi connectivity index (χ2v) is 4.75. The molecule has 1 atom stereocenters. The molecule has 2 heterocycles. The zero-order valence-electron chi connectivity index (χ0n) is 10.3. The fraction of sp³-hybridized carbons (Fsp3) is 0.462. The van der Waals surface area contributed by atoms with Crippen LogP contribution in [0.3, 0.4) is 0 Å². The van der Waals surface area contributed by atoms with Crippen LogP contribution in [0, 0.1) is 0 Å². The van der Waals surface area contributed by atoms with Gasteiger partial charge < -0.3 is 9.64 Å². The summed E-state index contributed by atoms with van der Waals surface area (Å²) in [6.45, 7) is 2.50. The first kappa shape index (κ1) is 10.7. The fourth-order valence-electron chi connectivity index (χ4n) is 2.44. The normalized spacial score (nSPS) is 19.8. The summed E-state index contributed by atoms with van der Waals surface area (Å²) in [5.74, 6) is 0. The van der Waals surface area contributed by atoms with Crippen molar-refractivity contribution in [1.82, 2.24) is 14.7 Å². The van der Waals surface area contributed by atoms with Crippen molar-refractivity contribution in [3.8, 4) is 0 Å². The third-order valence-corrected chi connectivity index (χ3v) is 3.14. The summed E-state index contributed by atoms with van der Waals surface area (Å²) in [6, 6.07) is 8.29. The quantitative estimate of drug-likeness (QED) is 0.787. The summed E-state index contributed by atoms with van der Waals surface area (Å²) in [7, 11) is 4.14. The molecule has 1 aromatic heterocycles. The van der Waals surface area contributed by atoms with Gasteiger partial charge in [-0.1, -0.05) is 18.2 Å². The first-order valence-electron chi connectivity index (χ1n) is 5.97. The van der Waals surface area contributed by atoms with Gasteiger partial charge in [0, 0.05) is 11.9 Å². The molecule has 0 radical (unpaired) electrons. The molecule has 0 fully saturated rings. The maximum absolute atomic E-state index is 5.88. The monoisotopic (exact) mass is 231 g/mol. The zero-order valence-corrected chi connectivity index (χ0v) is 10.3. The Kier molecular flexibility index (Phi) is 2.61. The first-order valence-corrected chi connectivity index (χ1v) is 5.97. The minimum Gasteiger partial charge on any atom is -0.369 e. The van der Waals surface area contributed by atoms with E-state index in [4.69, 9.17) is 4.74 Å². The van der Waals surface area contributed by atoms with Crippen LogP contribution in [-0.2, 0) is 11.3 Å². The van der Waals surface area contributed by atoms with Crippen LogP contribution >= 0.6 is 0 Å². The van der Waals surface area contributed by atoms with Crippen molar-refractivity contribution >= 4 is 10.9 Å². The van der Waals surface area contributed by atoms with Gasteiger partial charge in [0.25, 0.3) is 0 Å². The van der Waals surface area contributed by atoms with E-state index in [0.717, 1.165) is 25.2 Å². The number of fused-ring (bicyclic) bond motifs is 3. The Bertz CT molecular complexity index is 532. The summed E-state index contributed by atoms with van der Waals surface area (Å²) in [5, 5.41) is 5.85. The average molecular weight is 231 g/mol. The van der Waals surface area contributed by atoms with Crippen LogP contribution in [0.4, 0.5) is 0 Å². The van der Waals surface area contributed by atoms with Crippen LogP contribution in [-0.4, -0.2) is 41.9 Å². The molecule has 4 nitrogen and oxygen atoms in total. The third-order valence-electron chi connectivity index (χ3n) is 3.14. The van der Waals surface area contributed by atoms with E-state index < -0.39 is 0 Å². The Morgan fingerprint density at radius 3 is 3.06 bits per heavy atom. The fourth-order valence-corrected chi connectivity index (χ4v) is 2.44. The minimum absolute atomic E-state index is 0.131. The molecule has 1 aliphatic rings. The minimum atomic E-state index is 0.131. The van der Waals surface area contributed by atoms with Crippen molar-refractivity contribution < 1.29 is 4.74 Å². The Balaban J connectivity index is 2.10. The van der Waals surface area contributed by atoms with Gasteiger partial charge in [0.1, 0.15) is 6.10 Å². The van der Waals surface area contributed by atoms with Crippen molar-refractivity contribution in [2.75, 3.05) is 27.2 Å². The highest BCUT2D eigenvalue weighted by atomic mass is 16.5. The van der Waals surface area contributed by atoms with Crippen LogP contribution in [0.2, 0.25) is 0 Å². The summed E-state index contributed by atoms with van der Waals surface area (Å²) >= 11 is 0. The maximum Gasteiger partial charge on any atom is 0.112 e. The highest BCUT2D eigenvalue weighted by Crippen LogP contribution is 2.29. The van der Waals surface area contributed by atoms with Crippen LogP contribution in [0.5, 0.6) is 0 Å². The van der Waals surface area contributed by atoms with E-state index in [2.05, 4.69) is 47.0 Å². The van der Waals surface area contributed by atoms with Crippen molar-refractivity contribution in [3.05, 3.63) is 30.0 Å². The molecule has 0 spiro atoms. The molecule has 0 saturated heterocycles. The Morgan fingerprint density at radius 1 is 1.41 bits per heavy atom. The van der Waals surface area contributed by atoms with E-state index in [1.165, 1.54) is 11.1 Å². The predicted molar refractivity (Wildman–Crippen MR) is 67.0 cm³/mol. The molecule has 2 aromatic rings. The molecule has 1 aliphatic heterocycles. The number of benzene rings is 1. The van der Waals surface area contributed by atoms with E-state index in [-0.39, 0.29) is 6.10 Å². The van der Waals surface area contributed by atoms with E-state index in [1.807, 2.05) is 6.07 Å². The average Bonchev–Trinajstić information content (AvgIpc) is 2.67. The molecule has 0 bridgehead atoms. The van der Waals surface area contributed by atoms with E-state index >= 15 is 0 Å². The van der Waals surface area contributed by atoms with Crippen molar-refractivity contribution in [2.45, 2.75) is 12.6 Å². The number of nitrogens with zero attached hydrogens (tertiary/aromatic N) is 3. The SMILES string of the molecule is CN(C)C[C@H]1OCCn2nc3ccccc3c21. The van der Waals surface area contributed by atoms with Gasteiger partial charge in [0.05, 0.1) is 24.4 Å². The summed E-state index contributed by atoms with van der Waals surface area (Å²) in [6.07, 6.45) is 0.131. The molecule has 17 heavy (non-hydrogen) atoms. The molecule has 90 valence electrons. The Labute approximate surface area is 101 Å². The predicted octanol–water partition coefficient (Wildman–Crippen LogP) is 1.67. The first-order chi connectivity index (χ1) is 8.25. The van der Waals surface area contributed by atoms with Gasteiger partial charge in [0.15, 0.2) is 0 Å². The van der Waals surface area contributed by atoms with Crippen LogP contribution < -0.4 is 0 Å². The van der Waals surface area contributed by atoms with Gasteiger partial charge in [0.2, 0.25) is 0 Å². The van der Waals surface area contributed by atoms with Crippen LogP contribution in [0.25, 0.3) is 10.9 Å². The van der Waals surface area contributed by atoms with Crippen molar-refractivity contribution in [3.63, 3.8) is 0 Å². The lowest BCUT2D eigenvalue weighted by molar-refractivity contribution is 0.00345. The topological polar surface area (TPSA) is 30.3 Å². The Morgan fingerprint density at radius 2 is 2.24 bits per heavy atom. The highest BCUT2D eigenvalue weighted by Gasteiger charge is 2.25. The standard InChI is InChI=1S/C13H17N3O/c1-15(2)9-12-13-10-5-3-4-6-11(10)14-16(13)7-8-17-12/h3-6,12H,7-9H2,1-2H3/t12-/m1/s1. The Hall–Kier alpha value is -1.39. The van der Waals surface area contributed by atoms with Gasteiger partial charge >= 0.3 is 0 Å². The van der Waals surface area contributed by atoms with Gasteiger partial charge in [-0.2, -0.15) is 5.10 Å². The zero-order chi connectivity index (χ0) is 11.8. The number of ether oxygens (including phenoxy) is 1. The largest absolute Gasteiger partial charge is 0.369 e. The lowest BCUT2D eigenvalue weighted by atomic mass is 10.1. The van der Waals surface area contributed by atoms with Crippen LogP contribution in [0.15, 0.2) is 24.3 Å². The summed E-state index contributed by atoms with van der Waals surface area (Å²) < 4.78 is 7.98. The third kappa shape index (κ3) is 1.83. The molecular formula is C13H17N3O. The van der Waals surface area contributed by atoms with Crippen LogP contribution in [0.1, 0.15) is 11.8 Å². The molecule has 0 unspecified atom stereocenters. The highest BCUT2D eigenvalue weighted by molar-refractivity contribution is 5.82. The molecule has 1 aromatic carbocycles. The molecule has 3 rings (SSSR count). The molecule has 0 N–H and O–H groups in total. The van der Waals surface area contributed by atoms with E-state index in [0.29, 0.717) is 0 Å². The number of hydrogen-bond acceptors (Lipinski definition) is 3. The maximum atomic E-state index is 5.88. The second-order valence-electron chi connectivity index (χ2n) is 4.75. The van der Waals surface area contributed by atoms with Gasteiger partial charge in [-0.25, -0.2) is 0 Å². The number of hydrogen-bond donors (Lipinski definition) is 0. The molecule has 0 amide bonds. The molecule has 4 heteroatoms. The number of likely N-dealkylation sites (N-methyl/N-ethyl adjacent to an activating group) is 1. The lowest BCUT2D eigenvalue weighted by Crippen LogP contribution is -2.29. The van der Waals surface area contributed by atoms with E-state index in [1.54, 1.807) is 0 Å². The van der Waals surface area contributed by atoms with Gasteiger partial charge in [-0.15, -0.1) is 0 Å². The smallest absolute Gasteiger partial charge is 0.112 e. The number of rotatable bonds is 2. The molecule has 0 aliphatic carbocycles. The van der Waals surface area contributed by atoms with Crippen molar-refractivity contribution in [2.24, 2.45) is 0 Å². The summed E-state index contributed by atoms with van der Waals surface area (Å²) in [5.41, 5.74) is 2.29. The number of aromatic nitrogens is 2. The van der Waals surface area contributed by atoms with Gasteiger partial charge in [-0.3, -0.25) is 4.68 Å².